The fraction of sp³-hybridized carbons (Fsp3) is 0.263. The number of halogens is 3. The number of rotatable bonds is 6. The summed E-state index contributed by atoms with van der Waals surface area (Å²) in [6.45, 7) is 3.84. The van der Waals surface area contributed by atoms with Crippen LogP contribution in [0.15, 0.2) is 42.5 Å². The monoisotopic (exact) mass is 396 g/mol. The second-order valence-electron chi connectivity index (χ2n) is 6.25. The van der Waals surface area contributed by atoms with E-state index in [0.29, 0.717) is 11.4 Å². The van der Waals surface area contributed by atoms with Crippen molar-refractivity contribution in [2.24, 2.45) is 5.92 Å². The summed E-state index contributed by atoms with van der Waals surface area (Å²) in [7, 11) is 0. The molecule has 0 spiro atoms. The molecule has 0 fully saturated rings. The summed E-state index contributed by atoms with van der Waals surface area (Å²) >= 11 is 11.9. The Morgan fingerprint density at radius 1 is 1.12 bits per heavy atom. The number of amides is 2. The first kappa shape index (κ1) is 20.2. The van der Waals surface area contributed by atoms with Crippen molar-refractivity contribution in [3.63, 3.8) is 0 Å². The van der Waals surface area contributed by atoms with Gasteiger partial charge in [0.25, 0.3) is 5.91 Å². The van der Waals surface area contributed by atoms with Crippen molar-refractivity contribution in [2.75, 3.05) is 5.32 Å². The average molecular weight is 397 g/mol. The molecule has 2 rings (SSSR count). The predicted octanol–water partition coefficient (Wildman–Crippen LogP) is 4.92. The van der Waals surface area contributed by atoms with Crippen LogP contribution in [0.3, 0.4) is 0 Å². The summed E-state index contributed by atoms with van der Waals surface area (Å²) in [5.74, 6) is -1.41. The topological polar surface area (TPSA) is 58.2 Å². The van der Waals surface area contributed by atoms with E-state index >= 15 is 0 Å². The minimum absolute atomic E-state index is 0.0602. The van der Waals surface area contributed by atoms with Crippen LogP contribution in [0.2, 0.25) is 10.0 Å². The summed E-state index contributed by atoms with van der Waals surface area (Å²) < 4.78 is 13.8. The van der Waals surface area contributed by atoms with Gasteiger partial charge >= 0.3 is 0 Å². The van der Waals surface area contributed by atoms with Gasteiger partial charge < -0.3 is 10.6 Å². The molecule has 26 heavy (non-hydrogen) atoms. The van der Waals surface area contributed by atoms with E-state index in [9.17, 15) is 14.0 Å². The fourth-order valence-electron chi connectivity index (χ4n) is 2.39. The maximum absolute atomic E-state index is 13.8. The molecular weight excluding hydrogens is 378 g/mol. The van der Waals surface area contributed by atoms with Crippen LogP contribution in [-0.2, 0) is 4.79 Å². The molecule has 2 N–H and O–H groups in total. The molecule has 1 unspecified atom stereocenters. The molecule has 0 aromatic heterocycles. The van der Waals surface area contributed by atoms with Gasteiger partial charge in [-0.05, 0) is 42.7 Å². The predicted molar refractivity (Wildman–Crippen MR) is 102 cm³/mol. The molecule has 2 aromatic carbocycles. The first-order valence-electron chi connectivity index (χ1n) is 8.09. The van der Waals surface area contributed by atoms with E-state index in [1.165, 1.54) is 30.3 Å². The number of benzene rings is 2. The van der Waals surface area contributed by atoms with E-state index in [1.807, 2.05) is 13.8 Å². The van der Waals surface area contributed by atoms with E-state index in [2.05, 4.69) is 10.6 Å². The van der Waals surface area contributed by atoms with Gasteiger partial charge in [0, 0.05) is 5.02 Å². The highest BCUT2D eigenvalue weighted by molar-refractivity contribution is 6.36. The van der Waals surface area contributed by atoms with Crippen LogP contribution < -0.4 is 10.6 Å². The Morgan fingerprint density at radius 3 is 2.42 bits per heavy atom. The maximum atomic E-state index is 13.8. The lowest BCUT2D eigenvalue weighted by atomic mass is 10.0. The largest absolute Gasteiger partial charge is 0.340 e. The second kappa shape index (κ2) is 9.01. The molecule has 2 amide bonds. The molecule has 0 radical (unpaired) electrons. The smallest absolute Gasteiger partial charge is 0.253 e. The molecule has 2 aromatic rings. The number of hydrogen-bond acceptors (Lipinski definition) is 2. The highest BCUT2D eigenvalue weighted by atomic mass is 35.5. The molecule has 0 aliphatic rings. The van der Waals surface area contributed by atoms with Crippen LogP contribution in [0.4, 0.5) is 10.1 Å². The first-order chi connectivity index (χ1) is 12.3. The minimum atomic E-state index is -0.839. The van der Waals surface area contributed by atoms with Crippen molar-refractivity contribution in [1.82, 2.24) is 5.32 Å². The molecule has 0 aliphatic heterocycles. The zero-order chi connectivity index (χ0) is 19.3. The Kier molecular flexibility index (Phi) is 7.00. The maximum Gasteiger partial charge on any atom is 0.253 e. The van der Waals surface area contributed by atoms with E-state index in [4.69, 9.17) is 23.2 Å². The summed E-state index contributed by atoms with van der Waals surface area (Å²) in [5, 5.41) is 5.77. The van der Waals surface area contributed by atoms with Gasteiger partial charge in [-0.25, -0.2) is 4.39 Å². The Balaban J connectivity index is 2.17. The number of carbonyl (C=O) groups excluding carboxylic acids is 2. The summed E-state index contributed by atoms with van der Waals surface area (Å²) in [5.41, 5.74) is 0.272. The van der Waals surface area contributed by atoms with Crippen LogP contribution in [0.5, 0.6) is 0 Å². The van der Waals surface area contributed by atoms with Crippen LogP contribution >= 0.6 is 23.2 Å². The normalized spacial score (nSPS) is 11.9. The molecule has 0 aliphatic carbocycles. The molecule has 7 heteroatoms. The van der Waals surface area contributed by atoms with Gasteiger partial charge in [0.15, 0.2) is 0 Å². The van der Waals surface area contributed by atoms with E-state index < -0.39 is 23.7 Å². The van der Waals surface area contributed by atoms with Crippen LogP contribution in [0.1, 0.15) is 30.6 Å². The third kappa shape index (κ3) is 5.44. The Morgan fingerprint density at radius 2 is 1.81 bits per heavy atom. The summed E-state index contributed by atoms with van der Waals surface area (Å²) in [4.78, 5) is 25.1. The molecule has 0 saturated heterocycles. The highest BCUT2D eigenvalue weighted by Gasteiger charge is 2.24. The quantitative estimate of drug-likeness (QED) is 0.727. The van der Waals surface area contributed by atoms with Crippen molar-refractivity contribution < 1.29 is 14.0 Å². The van der Waals surface area contributed by atoms with Gasteiger partial charge in [-0.15, -0.1) is 0 Å². The first-order valence-corrected chi connectivity index (χ1v) is 8.85. The van der Waals surface area contributed by atoms with Crippen molar-refractivity contribution >= 4 is 40.7 Å². The van der Waals surface area contributed by atoms with Gasteiger partial charge in [-0.3, -0.25) is 9.59 Å². The zero-order valence-electron chi connectivity index (χ0n) is 14.4. The fourth-order valence-corrected chi connectivity index (χ4v) is 2.89. The zero-order valence-corrected chi connectivity index (χ0v) is 15.9. The van der Waals surface area contributed by atoms with Crippen molar-refractivity contribution in [3.8, 4) is 0 Å². The Hall–Kier alpha value is -2.11. The van der Waals surface area contributed by atoms with Gasteiger partial charge in [-0.1, -0.05) is 49.2 Å². The highest BCUT2D eigenvalue weighted by Crippen LogP contribution is 2.21. The lowest BCUT2D eigenvalue weighted by molar-refractivity contribution is -0.118. The van der Waals surface area contributed by atoms with Crippen LogP contribution in [0, 0.1) is 11.7 Å². The number of carbonyl (C=O) groups is 2. The van der Waals surface area contributed by atoms with Gasteiger partial charge in [0.05, 0.1) is 16.3 Å². The molecular formula is C19H19Cl2FN2O2. The van der Waals surface area contributed by atoms with Crippen LogP contribution in [0.25, 0.3) is 0 Å². The second-order valence-corrected chi connectivity index (χ2v) is 7.09. The molecule has 0 bridgehead atoms. The summed E-state index contributed by atoms with van der Waals surface area (Å²) in [6.07, 6.45) is 0.386. The summed E-state index contributed by atoms with van der Waals surface area (Å²) in [6, 6.07) is 9.49. The van der Waals surface area contributed by atoms with E-state index in [0.717, 1.165) is 0 Å². The van der Waals surface area contributed by atoms with Crippen molar-refractivity contribution in [2.45, 2.75) is 26.3 Å². The number of anilines is 1. The standard InChI is InChI=1S/C19H19Cl2FN2O2/c1-11(2)9-17(19(26)23-16-6-4-3-5-15(16)22)24-18(25)13-8-7-12(20)10-14(13)21/h3-8,10-11,17H,9H2,1-2H3,(H,23,26)(H,24,25). The van der Waals surface area contributed by atoms with Crippen LogP contribution in [-0.4, -0.2) is 17.9 Å². The van der Waals surface area contributed by atoms with Gasteiger partial charge in [0.2, 0.25) is 5.91 Å². The average Bonchev–Trinajstić information content (AvgIpc) is 2.55. The molecule has 4 nitrogen and oxygen atoms in total. The van der Waals surface area contributed by atoms with Crippen molar-refractivity contribution in [3.05, 3.63) is 63.9 Å². The molecule has 1 atom stereocenters. The minimum Gasteiger partial charge on any atom is -0.340 e. The Bertz CT molecular complexity index is 812. The van der Waals surface area contributed by atoms with Gasteiger partial charge in [-0.2, -0.15) is 0 Å². The molecule has 138 valence electrons. The number of hydrogen-bond donors (Lipinski definition) is 2. The van der Waals surface area contributed by atoms with Crippen molar-refractivity contribution in [1.29, 1.82) is 0 Å². The third-order valence-electron chi connectivity index (χ3n) is 3.64. The third-order valence-corrected chi connectivity index (χ3v) is 4.18. The SMILES string of the molecule is CC(C)CC(NC(=O)c1ccc(Cl)cc1Cl)C(=O)Nc1ccccc1F. The Labute approximate surface area is 161 Å². The lowest BCUT2D eigenvalue weighted by Gasteiger charge is -2.20. The molecule has 0 saturated carbocycles. The van der Waals surface area contributed by atoms with Gasteiger partial charge in [0.1, 0.15) is 11.9 Å². The van der Waals surface area contributed by atoms with E-state index in [-0.39, 0.29) is 22.2 Å². The van der Waals surface area contributed by atoms with E-state index in [1.54, 1.807) is 12.1 Å². The molecule has 0 heterocycles. The lowest BCUT2D eigenvalue weighted by Crippen LogP contribution is -2.44. The number of nitrogens with one attached hydrogen (secondary N) is 2. The number of para-hydroxylation sites is 1.